The Morgan fingerprint density at radius 3 is 2.32 bits per heavy atom. The maximum atomic E-state index is 12.2. The second-order valence-corrected chi connectivity index (χ2v) is 7.76. The summed E-state index contributed by atoms with van der Waals surface area (Å²) in [4.78, 5) is 12.2. The summed E-state index contributed by atoms with van der Waals surface area (Å²) in [5.41, 5.74) is 6.33. The molecule has 0 heterocycles. The van der Waals surface area contributed by atoms with Crippen LogP contribution in [0.4, 0.5) is 4.79 Å². The van der Waals surface area contributed by atoms with Gasteiger partial charge in [-0.1, -0.05) is 64.5 Å². The zero-order chi connectivity index (χ0) is 19.7. The van der Waals surface area contributed by atoms with Crippen molar-refractivity contribution in [2.75, 3.05) is 6.61 Å². The van der Waals surface area contributed by atoms with Crippen molar-refractivity contribution in [3.05, 3.63) is 87.4 Å². The van der Waals surface area contributed by atoms with Crippen LogP contribution in [-0.2, 0) is 11.3 Å². The molecule has 0 spiro atoms. The van der Waals surface area contributed by atoms with Crippen LogP contribution in [0.3, 0.4) is 0 Å². The highest BCUT2D eigenvalue weighted by atomic mass is 79.9. The third-order valence-electron chi connectivity index (χ3n) is 5.13. The van der Waals surface area contributed by atoms with Gasteiger partial charge >= 0.3 is 6.09 Å². The van der Waals surface area contributed by atoms with E-state index >= 15 is 0 Å². The number of aromatic hydroxyl groups is 1. The fourth-order valence-corrected chi connectivity index (χ4v) is 4.25. The minimum Gasteiger partial charge on any atom is -0.508 e. The molecule has 0 unspecified atom stereocenters. The summed E-state index contributed by atoms with van der Waals surface area (Å²) in [6.07, 6.45) is -0.478. The molecule has 1 amide bonds. The smallest absolute Gasteiger partial charge is 0.407 e. The topological polar surface area (TPSA) is 58.6 Å². The van der Waals surface area contributed by atoms with Crippen molar-refractivity contribution in [2.45, 2.75) is 19.4 Å². The number of ether oxygens (including phenoxy) is 1. The number of benzene rings is 3. The van der Waals surface area contributed by atoms with Gasteiger partial charge in [-0.2, -0.15) is 0 Å². The van der Waals surface area contributed by atoms with Crippen LogP contribution >= 0.6 is 15.9 Å². The van der Waals surface area contributed by atoms with Gasteiger partial charge in [0.1, 0.15) is 12.4 Å². The number of phenolic OH excluding ortho intramolecular Hbond substituents is 1. The number of hydrogen-bond donors (Lipinski definition) is 2. The van der Waals surface area contributed by atoms with E-state index in [4.69, 9.17) is 4.74 Å². The van der Waals surface area contributed by atoms with Gasteiger partial charge in [-0.15, -0.1) is 0 Å². The van der Waals surface area contributed by atoms with Crippen LogP contribution in [0.5, 0.6) is 5.75 Å². The van der Waals surface area contributed by atoms with Gasteiger partial charge in [0.2, 0.25) is 0 Å². The Bertz CT molecular complexity index is 1000. The maximum absolute atomic E-state index is 12.2. The van der Waals surface area contributed by atoms with Crippen molar-refractivity contribution in [1.29, 1.82) is 0 Å². The third kappa shape index (κ3) is 3.50. The second-order valence-electron chi connectivity index (χ2n) is 6.91. The average Bonchev–Trinajstić information content (AvgIpc) is 3.02. The molecular weight excluding hydrogens is 418 g/mol. The predicted octanol–water partition coefficient (Wildman–Crippen LogP) is 5.50. The Labute approximate surface area is 172 Å². The van der Waals surface area contributed by atoms with E-state index in [2.05, 4.69) is 45.5 Å². The number of carbonyl (C=O) groups excluding carboxylic acids is 1. The molecule has 5 heteroatoms. The van der Waals surface area contributed by atoms with Gasteiger partial charge in [0.15, 0.2) is 0 Å². The number of halogens is 1. The third-order valence-corrected chi connectivity index (χ3v) is 5.87. The van der Waals surface area contributed by atoms with Crippen molar-refractivity contribution in [3.8, 4) is 16.9 Å². The number of fused-ring (bicyclic) bond motifs is 3. The molecule has 0 radical (unpaired) electrons. The normalized spacial score (nSPS) is 12.4. The minimum atomic E-state index is -0.478. The molecule has 0 saturated carbocycles. The SMILES string of the molecule is Cc1cc(Br)c(CNC(=O)OCC2c3ccccc3-c3ccccc32)cc1O. The minimum absolute atomic E-state index is 0.0355. The number of alkyl carbamates (subject to hydrolysis) is 1. The van der Waals surface area contributed by atoms with E-state index in [0.29, 0.717) is 0 Å². The zero-order valence-corrected chi connectivity index (χ0v) is 17.0. The lowest BCUT2D eigenvalue weighted by Crippen LogP contribution is -2.25. The van der Waals surface area contributed by atoms with Crippen LogP contribution in [0.25, 0.3) is 11.1 Å². The van der Waals surface area contributed by atoms with Crippen molar-refractivity contribution < 1.29 is 14.6 Å². The van der Waals surface area contributed by atoms with Crippen molar-refractivity contribution in [3.63, 3.8) is 0 Å². The second kappa shape index (κ2) is 7.68. The molecule has 4 rings (SSSR count). The van der Waals surface area contributed by atoms with Gasteiger partial charge in [0.05, 0.1) is 0 Å². The van der Waals surface area contributed by atoms with Crippen LogP contribution in [0.15, 0.2) is 65.1 Å². The quantitative estimate of drug-likeness (QED) is 0.566. The first-order valence-electron chi connectivity index (χ1n) is 9.11. The first-order chi connectivity index (χ1) is 13.5. The summed E-state index contributed by atoms with van der Waals surface area (Å²) in [6.45, 7) is 2.37. The van der Waals surface area contributed by atoms with Gasteiger partial charge in [0.25, 0.3) is 0 Å². The molecule has 0 atom stereocenters. The summed E-state index contributed by atoms with van der Waals surface area (Å²) in [5.74, 6) is 0.237. The summed E-state index contributed by atoms with van der Waals surface area (Å²) < 4.78 is 6.36. The van der Waals surface area contributed by atoms with Crippen LogP contribution in [0.1, 0.15) is 28.2 Å². The first-order valence-corrected chi connectivity index (χ1v) is 9.90. The molecule has 1 aliphatic carbocycles. The van der Waals surface area contributed by atoms with Crippen LogP contribution < -0.4 is 5.32 Å². The summed E-state index contributed by atoms with van der Waals surface area (Å²) >= 11 is 3.46. The van der Waals surface area contributed by atoms with Crippen molar-refractivity contribution >= 4 is 22.0 Å². The Hall–Kier alpha value is -2.79. The number of nitrogens with one attached hydrogen (secondary N) is 1. The van der Waals surface area contributed by atoms with Crippen LogP contribution in [0, 0.1) is 6.92 Å². The largest absolute Gasteiger partial charge is 0.508 e. The molecule has 142 valence electrons. The molecule has 0 fully saturated rings. The highest BCUT2D eigenvalue weighted by Gasteiger charge is 2.28. The number of rotatable bonds is 4. The molecule has 2 N–H and O–H groups in total. The zero-order valence-electron chi connectivity index (χ0n) is 15.4. The maximum Gasteiger partial charge on any atom is 0.407 e. The molecule has 0 aromatic heterocycles. The number of hydrogen-bond acceptors (Lipinski definition) is 3. The van der Waals surface area contributed by atoms with Gasteiger partial charge in [0, 0.05) is 16.9 Å². The highest BCUT2D eigenvalue weighted by Crippen LogP contribution is 2.44. The number of aryl methyl sites for hydroxylation is 1. The van der Waals surface area contributed by atoms with E-state index in [0.717, 1.165) is 15.6 Å². The fourth-order valence-electron chi connectivity index (χ4n) is 3.66. The molecule has 0 aliphatic heterocycles. The van der Waals surface area contributed by atoms with E-state index in [1.807, 2.05) is 37.3 Å². The molecule has 4 nitrogen and oxygen atoms in total. The molecule has 1 aliphatic rings. The van der Waals surface area contributed by atoms with E-state index in [9.17, 15) is 9.90 Å². The first kappa shape index (κ1) is 18.6. The Morgan fingerprint density at radius 2 is 1.68 bits per heavy atom. The number of amides is 1. The standard InChI is InChI=1S/C23H20BrNO3/c1-14-10-21(24)15(11-22(14)26)12-25-23(27)28-13-20-18-8-4-2-6-16(18)17-7-3-5-9-19(17)20/h2-11,20,26H,12-13H2,1H3,(H,25,27). The van der Waals surface area contributed by atoms with Gasteiger partial charge in [-0.05, 0) is 52.4 Å². The predicted molar refractivity (Wildman–Crippen MR) is 112 cm³/mol. The summed E-state index contributed by atoms with van der Waals surface area (Å²) in [5, 5.41) is 12.6. The molecular formula is C23H20BrNO3. The number of carbonyl (C=O) groups is 1. The van der Waals surface area contributed by atoms with E-state index in [1.54, 1.807) is 6.07 Å². The van der Waals surface area contributed by atoms with Gasteiger partial charge < -0.3 is 15.2 Å². The molecule has 3 aromatic carbocycles. The van der Waals surface area contributed by atoms with Gasteiger partial charge in [-0.25, -0.2) is 4.79 Å². The van der Waals surface area contributed by atoms with Crippen molar-refractivity contribution in [2.24, 2.45) is 0 Å². The lowest BCUT2D eigenvalue weighted by atomic mass is 9.98. The highest BCUT2D eigenvalue weighted by molar-refractivity contribution is 9.10. The lowest BCUT2D eigenvalue weighted by molar-refractivity contribution is 0.142. The molecule has 0 bridgehead atoms. The lowest BCUT2D eigenvalue weighted by Gasteiger charge is -2.15. The van der Waals surface area contributed by atoms with E-state index in [1.165, 1.54) is 22.3 Å². The molecule has 3 aromatic rings. The van der Waals surface area contributed by atoms with E-state index < -0.39 is 6.09 Å². The Morgan fingerprint density at radius 1 is 1.07 bits per heavy atom. The molecule has 0 saturated heterocycles. The van der Waals surface area contributed by atoms with E-state index in [-0.39, 0.29) is 24.8 Å². The summed E-state index contributed by atoms with van der Waals surface area (Å²) in [6, 6.07) is 19.9. The van der Waals surface area contributed by atoms with Crippen LogP contribution in [-0.4, -0.2) is 17.8 Å². The fraction of sp³-hybridized carbons (Fsp3) is 0.174. The summed E-state index contributed by atoms with van der Waals surface area (Å²) in [7, 11) is 0. The Balaban J connectivity index is 1.42. The molecule has 28 heavy (non-hydrogen) atoms. The monoisotopic (exact) mass is 437 g/mol. The Kier molecular flexibility index (Phi) is 5.09. The average molecular weight is 438 g/mol. The van der Waals surface area contributed by atoms with Crippen LogP contribution in [0.2, 0.25) is 0 Å². The van der Waals surface area contributed by atoms with Crippen molar-refractivity contribution in [1.82, 2.24) is 5.32 Å². The van der Waals surface area contributed by atoms with Gasteiger partial charge in [-0.3, -0.25) is 0 Å². The number of phenols is 1.